The van der Waals surface area contributed by atoms with Crippen LogP contribution in [0.5, 0.6) is 0 Å². The predicted octanol–water partition coefficient (Wildman–Crippen LogP) is 3.62. The minimum Gasteiger partial charge on any atom is -0.0874 e. The summed E-state index contributed by atoms with van der Waals surface area (Å²) in [6, 6.07) is 0. The van der Waals surface area contributed by atoms with E-state index in [1.54, 1.807) is 0 Å². The summed E-state index contributed by atoms with van der Waals surface area (Å²) < 4.78 is 0. The molecule has 0 aromatic carbocycles. The third-order valence-electron chi connectivity index (χ3n) is 2.51. The number of hydrogen-bond donors (Lipinski definition) is 0. The van der Waals surface area contributed by atoms with Gasteiger partial charge in [0.25, 0.3) is 0 Å². The number of rotatable bonds is 1. The van der Waals surface area contributed by atoms with E-state index >= 15 is 0 Å². The zero-order valence-corrected chi connectivity index (χ0v) is 7.86. The Labute approximate surface area is 69.3 Å². The lowest BCUT2D eigenvalue weighted by Crippen LogP contribution is -1.76. The van der Waals surface area contributed by atoms with Crippen molar-refractivity contribution in [1.29, 1.82) is 0 Å². The Bertz CT molecular complexity index is 249. The Morgan fingerprint density at radius 1 is 1.09 bits per heavy atom. The summed E-state index contributed by atoms with van der Waals surface area (Å²) in [7, 11) is 0. The lowest BCUT2D eigenvalue weighted by atomic mass is 10.1. The van der Waals surface area contributed by atoms with Crippen LogP contribution < -0.4 is 0 Å². The summed E-state index contributed by atoms with van der Waals surface area (Å²) in [5.41, 5.74) is 5.97. The third kappa shape index (κ3) is 1.45. The summed E-state index contributed by atoms with van der Waals surface area (Å²) in [4.78, 5) is 0. The van der Waals surface area contributed by atoms with Gasteiger partial charge in [0.2, 0.25) is 0 Å². The lowest BCUT2D eigenvalue weighted by molar-refractivity contribution is 1.17. The smallest absolute Gasteiger partial charge is 0.00614 e. The maximum atomic E-state index is 2.22. The van der Waals surface area contributed by atoms with Crippen LogP contribution in [-0.4, -0.2) is 0 Å². The van der Waals surface area contributed by atoms with Gasteiger partial charge in [-0.1, -0.05) is 17.7 Å². The average molecular weight is 148 g/mol. The van der Waals surface area contributed by atoms with Gasteiger partial charge in [-0.25, -0.2) is 0 Å². The summed E-state index contributed by atoms with van der Waals surface area (Å²) in [5, 5.41) is 0. The van der Waals surface area contributed by atoms with E-state index in [1.165, 1.54) is 22.3 Å². The molecule has 1 rings (SSSR count). The van der Waals surface area contributed by atoms with E-state index in [2.05, 4.69) is 39.8 Å². The van der Waals surface area contributed by atoms with Gasteiger partial charge in [0, 0.05) is 0 Å². The van der Waals surface area contributed by atoms with Crippen LogP contribution in [0.4, 0.5) is 0 Å². The van der Waals surface area contributed by atoms with E-state index in [9.17, 15) is 0 Å². The van der Waals surface area contributed by atoms with Crippen LogP contribution in [0.1, 0.15) is 34.1 Å². The molecule has 60 valence electrons. The fourth-order valence-electron chi connectivity index (χ4n) is 1.50. The monoisotopic (exact) mass is 148 g/mol. The maximum absolute atomic E-state index is 2.22. The van der Waals surface area contributed by atoms with Crippen molar-refractivity contribution in [2.75, 3.05) is 0 Å². The van der Waals surface area contributed by atoms with Crippen LogP contribution in [0.25, 0.3) is 0 Å². The highest BCUT2D eigenvalue weighted by molar-refractivity contribution is 5.48. The second-order valence-corrected chi connectivity index (χ2v) is 3.23. The quantitative estimate of drug-likeness (QED) is 0.532. The molecular formula is C11H16. The summed E-state index contributed by atoms with van der Waals surface area (Å²) in [5.74, 6) is 0. The van der Waals surface area contributed by atoms with E-state index < -0.39 is 0 Å². The average Bonchev–Trinajstić information content (AvgIpc) is 2.19. The minimum absolute atomic E-state index is 1.15. The van der Waals surface area contributed by atoms with Crippen molar-refractivity contribution >= 4 is 0 Å². The maximum Gasteiger partial charge on any atom is -0.00614 e. The van der Waals surface area contributed by atoms with E-state index in [4.69, 9.17) is 0 Å². The largest absolute Gasteiger partial charge is 0.0874 e. The predicted molar refractivity (Wildman–Crippen MR) is 50.5 cm³/mol. The van der Waals surface area contributed by atoms with Gasteiger partial charge in [-0.15, -0.1) is 0 Å². The van der Waals surface area contributed by atoms with Crippen molar-refractivity contribution in [3.05, 3.63) is 34.4 Å². The Balaban J connectivity index is 2.92. The first kappa shape index (κ1) is 8.32. The first-order valence-electron chi connectivity index (χ1n) is 4.16. The molecule has 0 N–H and O–H groups in total. The molecule has 0 saturated carbocycles. The molecule has 0 atom stereocenters. The second-order valence-electron chi connectivity index (χ2n) is 3.23. The van der Waals surface area contributed by atoms with E-state index in [1.807, 2.05) is 0 Å². The Hall–Kier alpha value is -0.780. The van der Waals surface area contributed by atoms with Crippen molar-refractivity contribution in [1.82, 2.24) is 0 Å². The molecule has 0 bridgehead atoms. The SMILES string of the molecule is C/C=C/C1=C(C)C(C)=C(C)C1. The highest BCUT2D eigenvalue weighted by atomic mass is 14.2. The minimum atomic E-state index is 1.15. The van der Waals surface area contributed by atoms with Crippen LogP contribution in [-0.2, 0) is 0 Å². The fraction of sp³-hybridized carbons (Fsp3) is 0.455. The van der Waals surface area contributed by atoms with E-state index in [0.717, 1.165) is 6.42 Å². The van der Waals surface area contributed by atoms with Crippen molar-refractivity contribution in [2.45, 2.75) is 34.1 Å². The molecular weight excluding hydrogens is 132 g/mol. The first-order valence-corrected chi connectivity index (χ1v) is 4.16. The van der Waals surface area contributed by atoms with Gasteiger partial charge in [0.1, 0.15) is 0 Å². The van der Waals surface area contributed by atoms with Crippen molar-refractivity contribution in [2.24, 2.45) is 0 Å². The summed E-state index contributed by atoms with van der Waals surface area (Å²) in [6.45, 7) is 8.71. The van der Waals surface area contributed by atoms with Gasteiger partial charge < -0.3 is 0 Å². The van der Waals surface area contributed by atoms with Crippen molar-refractivity contribution < 1.29 is 0 Å². The Morgan fingerprint density at radius 2 is 1.73 bits per heavy atom. The number of allylic oxidation sites excluding steroid dienone is 6. The molecule has 0 saturated heterocycles. The highest BCUT2D eigenvalue weighted by Crippen LogP contribution is 2.31. The molecule has 0 aliphatic heterocycles. The molecule has 0 amide bonds. The van der Waals surface area contributed by atoms with Crippen molar-refractivity contribution in [3.8, 4) is 0 Å². The molecule has 0 aromatic rings. The molecule has 0 unspecified atom stereocenters. The van der Waals surface area contributed by atoms with Gasteiger partial charge in [-0.05, 0) is 50.8 Å². The van der Waals surface area contributed by atoms with Crippen molar-refractivity contribution in [3.63, 3.8) is 0 Å². The molecule has 0 heteroatoms. The summed E-state index contributed by atoms with van der Waals surface area (Å²) >= 11 is 0. The third-order valence-corrected chi connectivity index (χ3v) is 2.51. The van der Waals surface area contributed by atoms with Gasteiger partial charge in [0.15, 0.2) is 0 Å². The fourth-order valence-corrected chi connectivity index (χ4v) is 1.50. The van der Waals surface area contributed by atoms with E-state index in [0.29, 0.717) is 0 Å². The molecule has 1 aliphatic carbocycles. The van der Waals surface area contributed by atoms with Crippen LogP contribution in [0.2, 0.25) is 0 Å². The molecule has 0 fully saturated rings. The Kier molecular flexibility index (Phi) is 2.33. The standard InChI is InChI=1S/C11H16/c1-5-6-11-7-8(2)9(3)10(11)4/h5-6H,7H2,1-4H3/b6-5+. The summed E-state index contributed by atoms with van der Waals surface area (Å²) in [6.07, 6.45) is 5.49. The van der Waals surface area contributed by atoms with Gasteiger partial charge in [-0.2, -0.15) is 0 Å². The van der Waals surface area contributed by atoms with Gasteiger partial charge >= 0.3 is 0 Å². The molecule has 0 radical (unpaired) electrons. The zero-order valence-electron chi connectivity index (χ0n) is 7.86. The van der Waals surface area contributed by atoms with Crippen LogP contribution in [0.15, 0.2) is 34.4 Å². The molecule has 1 aliphatic rings. The van der Waals surface area contributed by atoms with E-state index in [-0.39, 0.29) is 0 Å². The molecule has 0 nitrogen and oxygen atoms in total. The lowest BCUT2D eigenvalue weighted by Gasteiger charge is -1.96. The molecule has 0 spiro atoms. The number of hydrogen-bond acceptors (Lipinski definition) is 0. The topological polar surface area (TPSA) is 0 Å². The van der Waals surface area contributed by atoms with Crippen LogP contribution in [0.3, 0.4) is 0 Å². The Morgan fingerprint density at radius 3 is 2.09 bits per heavy atom. The van der Waals surface area contributed by atoms with Crippen LogP contribution >= 0.6 is 0 Å². The zero-order chi connectivity index (χ0) is 8.43. The normalized spacial score (nSPS) is 19.3. The first-order chi connectivity index (χ1) is 5.16. The molecule has 0 aromatic heterocycles. The molecule has 0 heterocycles. The highest BCUT2D eigenvalue weighted by Gasteiger charge is 2.12. The van der Waals surface area contributed by atoms with Crippen LogP contribution in [0, 0.1) is 0 Å². The van der Waals surface area contributed by atoms with Gasteiger partial charge in [-0.3, -0.25) is 0 Å². The molecule has 11 heavy (non-hydrogen) atoms. The second kappa shape index (κ2) is 3.08. The van der Waals surface area contributed by atoms with Gasteiger partial charge in [0.05, 0.1) is 0 Å².